The van der Waals surface area contributed by atoms with Crippen LogP contribution in [0.25, 0.3) is 6.08 Å². The number of nitrogens with zero attached hydrogens (tertiary/aromatic N) is 1. The number of carbonyl (C=O) groups is 2. The van der Waals surface area contributed by atoms with E-state index in [0.29, 0.717) is 17.1 Å². The fourth-order valence-electron chi connectivity index (χ4n) is 2.92. The summed E-state index contributed by atoms with van der Waals surface area (Å²) in [6.45, 7) is 0.195. The van der Waals surface area contributed by atoms with E-state index in [2.05, 4.69) is 5.32 Å². The highest BCUT2D eigenvalue weighted by Gasteiger charge is 2.15. The Morgan fingerprint density at radius 3 is 2.48 bits per heavy atom. The smallest absolute Gasteiger partial charge is 0.337 e. The van der Waals surface area contributed by atoms with E-state index in [0.717, 1.165) is 5.56 Å². The minimum absolute atomic E-state index is 0.0817. The van der Waals surface area contributed by atoms with E-state index in [1.54, 1.807) is 36.4 Å². The van der Waals surface area contributed by atoms with E-state index in [1.165, 1.54) is 43.5 Å². The molecule has 3 rings (SSSR count). The van der Waals surface area contributed by atoms with Gasteiger partial charge in [0.1, 0.15) is 24.1 Å². The number of carboxylic acids is 1. The molecular weight excluding hydrogens is 427 g/mol. The number of ether oxygens (including phenoxy) is 2. The average Bonchev–Trinajstić information content (AvgIpc) is 2.82. The second-order valence-electron chi connectivity index (χ2n) is 6.80. The van der Waals surface area contributed by atoms with Gasteiger partial charge in [0.15, 0.2) is 11.5 Å². The largest absolute Gasteiger partial charge is 0.493 e. The maximum Gasteiger partial charge on any atom is 0.337 e. The normalized spacial score (nSPS) is 10.8. The van der Waals surface area contributed by atoms with Gasteiger partial charge in [0.05, 0.1) is 18.4 Å². The Morgan fingerprint density at radius 2 is 1.82 bits per heavy atom. The Balaban J connectivity index is 1.78. The third kappa shape index (κ3) is 5.95. The molecular formula is C25H19FN2O5. The van der Waals surface area contributed by atoms with Crippen molar-refractivity contribution in [2.45, 2.75) is 6.61 Å². The Hall–Kier alpha value is -4.64. The molecule has 3 aromatic carbocycles. The molecule has 0 bridgehead atoms. The van der Waals surface area contributed by atoms with Crippen LogP contribution >= 0.6 is 0 Å². The maximum absolute atomic E-state index is 13.0. The standard InChI is InChI=1S/C25H19FN2O5/c1-32-23-13-17(8-11-22(23)33-15-16-6-9-19(26)10-7-16)12-18(14-27)24(29)28-21-5-3-2-4-20(21)25(30)31/h2-13H,15H2,1H3,(H,28,29)(H,30,31)/b18-12+. The molecule has 0 fully saturated rings. The molecule has 0 radical (unpaired) electrons. The van der Waals surface area contributed by atoms with Crippen LogP contribution in [0.5, 0.6) is 11.5 Å². The molecule has 0 saturated carbocycles. The Morgan fingerprint density at radius 1 is 1.09 bits per heavy atom. The molecule has 0 aliphatic carbocycles. The van der Waals surface area contributed by atoms with Crippen LogP contribution in [-0.2, 0) is 11.4 Å². The SMILES string of the molecule is COc1cc(/C=C(\C#N)C(=O)Nc2ccccc2C(=O)O)ccc1OCc1ccc(F)cc1. The molecule has 0 saturated heterocycles. The molecule has 2 N–H and O–H groups in total. The van der Waals surface area contributed by atoms with Crippen LogP contribution in [0, 0.1) is 17.1 Å². The summed E-state index contributed by atoms with van der Waals surface area (Å²) in [5.74, 6) is -1.48. The monoisotopic (exact) mass is 446 g/mol. The summed E-state index contributed by atoms with van der Waals surface area (Å²) in [6.07, 6.45) is 1.35. The number of hydrogen-bond acceptors (Lipinski definition) is 5. The highest BCUT2D eigenvalue weighted by atomic mass is 19.1. The molecule has 0 heterocycles. The Kier molecular flexibility index (Phi) is 7.39. The maximum atomic E-state index is 13.0. The van der Waals surface area contributed by atoms with E-state index in [4.69, 9.17) is 9.47 Å². The lowest BCUT2D eigenvalue weighted by Crippen LogP contribution is -2.16. The van der Waals surface area contributed by atoms with E-state index in [1.807, 2.05) is 6.07 Å². The highest BCUT2D eigenvalue weighted by molar-refractivity contribution is 6.11. The number of hydrogen-bond donors (Lipinski definition) is 2. The first-order valence-electron chi connectivity index (χ1n) is 9.72. The molecule has 1 amide bonds. The van der Waals surface area contributed by atoms with Crippen LogP contribution < -0.4 is 14.8 Å². The van der Waals surface area contributed by atoms with Crippen molar-refractivity contribution in [1.82, 2.24) is 0 Å². The number of anilines is 1. The molecule has 33 heavy (non-hydrogen) atoms. The van der Waals surface area contributed by atoms with Gasteiger partial charge < -0.3 is 19.9 Å². The predicted molar refractivity (Wildman–Crippen MR) is 119 cm³/mol. The van der Waals surface area contributed by atoms with E-state index >= 15 is 0 Å². The van der Waals surface area contributed by atoms with Gasteiger partial charge in [0.2, 0.25) is 0 Å². The first-order valence-corrected chi connectivity index (χ1v) is 9.72. The summed E-state index contributed by atoms with van der Waals surface area (Å²) >= 11 is 0. The number of nitrogens with one attached hydrogen (secondary N) is 1. The number of aromatic carboxylic acids is 1. The van der Waals surface area contributed by atoms with E-state index in [9.17, 15) is 24.3 Å². The lowest BCUT2D eigenvalue weighted by Gasteiger charge is -2.12. The van der Waals surface area contributed by atoms with Crippen molar-refractivity contribution in [3.05, 3.63) is 94.8 Å². The first-order chi connectivity index (χ1) is 15.9. The van der Waals surface area contributed by atoms with Gasteiger partial charge in [-0.05, 0) is 53.6 Å². The molecule has 8 heteroatoms. The number of benzene rings is 3. The first kappa shape index (κ1) is 23.0. The minimum Gasteiger partial charge on any atom is -0.493 e. The average molecular weight is 446 g/mol. The zero-order valence-electron chi connectivity index (χ0n) is 17.5. The Bertz CT molecular complexity index is 1250. The molecule has 0 spiro atoms. The van der Waals surface area contributed by atoms with Crippen LogP contribution in [0.15, 0.2) is 72.3 Å². The number of rotatable bonds is 8. The second-order valence-corrected chi connectivity index (χ2v) is 6.80. The van der Waals surface area contributed by atoms with Crippen LogP contribution in [0.1, 0.15) is 21.5 Å². The van der Waals surface area contributed by atoms with Crippen molar-refractivity contribution in [3.8, 4) is 17.6 Å². The van der Waals surface area contributed by atoms with Gasteiger partial charge in [-0.25, -0.2) is 9.18 Å². The van der Waals surface area contributed by atoms with Gasteiger partial charge in [-0.1, -0.05) is 30.3 Å². The predicted octanol–water partition coefficient (Wildman–Crippen LogP) is 4.66. The zero-order valence-corrected chi connectivity index (χ0v) is 17.5. The van der Waals surface area contributed by atoms with Gasteiger partial charge in [0, 0.05) is 0 Å². The quantitative estimate of drug-likeness (QED) is 0.385. The third-order valence-corrected chi connectivity index (χ3v) is 4.58. The van der Waals surface area contributed by atoms with Crippen LogP contribution in [-0.4, -0.2) is 24.1 Å². The second kappa shape index (κ2) is 10.6. The molecule has 0 unspecified atom stereocenters. The third-order valence-electron chi connectivity index (χ3n) is 4.58. The highest BCUT2D eigenvalue weighted by Crippen LogP contribution is 2.30. The molecule has 7 nitrogen and oxygen atoms in total. The number of nitriles is 1. The van der Waals surface area contributed by atoms with E-state index in [-0.39, 0.29) is 29.2 Å². The Labute approximate surface area is 189 Å². The van der Waals surface area contributed by atoms with Crippen molar-refractivity contribution in [3.63, 3.8) is 0 Å². The van der Waals surface area contributed by atoms with Crippen molar-refractivity contribution < 1.29 is 28.6 Å². The lowest BCUT2D eigenvalue weighted by atomic mass is 10.1. The fourth-order valence-corrected chi connectivity index (χ4v) is 2.92. The van der Waals surface area contributed by atoms with Gasteiger partial charge in [-0.2, -0.15) is 5.26 Å². The number of amides is 1. The van der Waals surface area contributed by atoms with Crippen LogP contribution in [0.4, 0.5) is 10.1 Å². The molecule has 0 atom stereocenters. The summed E-state index contributed by atoms with van der Waals surface area (Å²) in [7, 11) is 1.45. The van der Waals surface area contributed by atoms with E-state index < -0.39 is 11.9 Å². The van der Waals surface area contributed by atoms with Gasteiger partial charge in [-0.3, -0.25) is 4.79 Å². The number of carboxylic acid groups (broad SMARTS) is 1. The number of para-hydroxylation sites is 1. The zero-order chi connectivity index (χ0) is 23.8. The van der Waals surface area contributed by atoms with Gasteiger partial charge >= 0.3 is 5.97 Å². The summed E-state index contributed by atoms with van der Waals surface area (Å²) in [6, 6.07) is 18.5. The molecule has 3 aromatic rings. The van der Waals surface area contributed by atoms with Crippen molar-refractivity contribution in [2.24, 2.45) is 0 Å². The van der Waals surface area contributed by atoms with Crippen molar-refractivity contribution in [2.75, 3.05) is 12.4 Å². The number of carbonyl (C=O) groups excluding carboxylic acids is 1. The van der Waals surface area contributed by atoms with Crippen molar-refractivity contribution in [1.29, 1.82) is 5.26 Å². The van der Waals surface area contributed by atoms with Gasteiger partial charge in [0.25, 0.3) is 5.91 Å². The number of methoxy groups -OCH3 is 1. The summed E-state index contributed by atoms with van der Waals surface area (Å²) < 4.78 is 24.1. The lowest BCUT2D eigenvalue weighted by molar-refractivity contribution is -0.112. The van der Waals surface area contributed by atoms with Crippen LogP contribution in [0.2, 0.25) is 0 Å². The fraction of sp³-hybridized carbons (Fsp3) is 0.0800. The number of halogens is 1. The van der Waals surface area contributed by atoms with Crippen LogP contribution in [0.3, 0.4) is 0 Å². The van der Waals surface area contributed by atoms with Gasteiger partial charge in [-0.15, -0.1) is 0 Å². The molecule has 0 aliphatic rings. The topological polar surface area (TPSA) is 109 Å². The molecule has 166 valence electrons. The van der Waals surface area contributed by atoms with Crippen molar-refractivity contribution >= 4 is 23.6 Å². The molecule has 0 aliphatic heterocycles. The minimum atomic E-state index is -1.20. The summed E-state index contributed by atoms with van der Waals surface area (Å²) in [4.78, 5) is 23.9. The summed E-state index contributed by atoms with van der Waals surface area (Å²) in [5.41, 5.74) is 1.04. The summed E-state index contributed by atoms with van der Waals surface area (Å²) in [5, 5.41) is 21.1. The molecule has 0 aromatic heterocycles.